The molecule has 4 aliphatic rings. The highest BCUT2D eigenvalue weighted by molar-refractivity contribution is 6.32. The summed E-state index contributed by atoms with van der Waals surface area (Å²) in [6.45, 7) is -0.0148. The van der Waals surface area contributed by atoms with E-state index in [0.717, 1.165) is 4.90 Å². The van der Waals surface area contributed by atoms with E-state index in [1.54, 1.807) is 48.5 Å². The third-order valence-electron chi connectivity index (χ3n) is 10.6. The summed E-state index contributed by atoms with van der Waals surface area (Å²) >= 11 is 6.34. The molecule has 4 amide bonds. The normalized spacial score (nSPS) is 27.8. The number of hydrogen-bond acceptors (Lipinski definition) is 7. The molecule has 1 saturated carbocycles. The van der Waals surface area contributed by atoms with Gasteiger partial charge in [-0.2, -0.15) is 0 Å². The minimum absolute atomic E-state index is 0.0148. The largest absolute Gasteiger partial charge is 0.508 e. The molecule has 11 heteroatoms. The fourth-order valence-electron chi connectivity index (χ4n) is 8.66. The molecule has 2 N–H and O–H groups in total. The number of carbonyl (C=O) groups excluding carboxylic acids is 4. The third-order valence-corrected chi connectivity index (χ3v) is 10.8. The number of amides is 4. The van der Waals surface area contributed by atoms with Crippen LogP contribution in [0.5, 0.6) is 11.5 Å². The number of carboxylic acid groups (broad SMARTS) is 1. The summed E-state index contributed by atoms with van der Waals surface area (Å²) in [5, 5.41) is 21.1. The molecule has 0 spiro atoms. The van der Waals surface area contributed by atoms with Crippen LogP contribution in [0.3, 0.4) is 0 Å². The van der Waals surface area contributed by atoms with Gasteiger partial charge in [-0.25, -0.2) is 4.90 Å². The minimum atomic E-state index is -1.52. The number of fused-ring (bicyclic) bond motifs is 4. The number of methoxy groups -OCH3 is 1. The zero-order valence-corrected chi connectivity index (χ0v) is 26.8. The molecule has 0 bridgehead atoms. The molecule has 2 heterocycles. The molecule has 3 fully saturated rings. The molecule has 6 atom stereocenters. The van der Waals surface area contributed by atoms with Gasteiger partial charge in [0.15, 0.2) is 0 Å². The second kappa shape index (κ2) is 11.9. The summed E-state index contributed by atoms with van der Waals surface area (Å²) in [5.41, 5.74) is 0.479. The molecular formula is C37H33ClN2O8. The highest BCUT2D eigenvalue weighted by atomic mass is 35.5. The van der Waals surface area contributed by atoms with Crippen LogP contribution in [-0.4, -0.2) is 58.4 Å². The highest BCUT2D eigenvalue weighted by Crippen LogP contribution is 2.65. The van der Waals surface area contributed by atoms with E-state index in [4.69, 9.17) is 21.4 Å². The number of ether oxygens (including phenoxy) is 1. The van der Waals surface area contributed by atoms with Gasteiger partial charge >= 0.3 is 5.97 Å². The van der Waals surface area contributed by atoms with Crippen LogP contribution in [0, 0.1) is 23.7 Å². The van der Waals surface area contributed by atoms with Crippen molar-refractivity contribution in [3.63, 3.8) is 0 Å². The number of aliphatic carboxylic acids is 1. The number of hydrogen-bond donors (Lipinski definition) is 2. The molecule has 10 nitrogen and oxygen atoms in total. The summed E-state index contributed by atoms with van der Waals surface area (Å²) in [6.07, 6.45) is 2.18. The Kier molecular flexibility index (Phi) is 7.86. The molecule has 2 saturated heterocycles. The molecule has 7 rings (SSSR count). The number of nitrogens with zero attached hydrogens (tertiary/aromatic N) is 2. The van der Waals surface area contributed by atoms with E-state index in [1.807, 2.05) is 24.3 Å². The van der Waals surface area contributed by atoms with E-state index in [-0.39, 0.29) is 43.9 Å². The van der Waals surface area contributed by atoms with Crippen LogP contribution in [-0.2, 0) is 29.4 Å². The fourth-order valence-corrected chi connectivity index (χ4v) is 8.84. The number of anilines is 1. The maximum Gasteiger partial charge on any atom is 0.303 e. The number of halogens is 1. The van der Waals surface area contributed by atoms with Crippen LogP contribution in [0.2, 0.25) is 5.02 Å². The highest BCUT2D eigenvalue weighted by Gasteiger charge is 2.70. The van der Waals surface area contributed by atoms with Crippen LogP contribution >= 0.6 is 11.6 Å². The van der Waals surface area contributed by atoms with E-state index in [9.17, 15) is 24.3 Å². The molecule has 0 aromatic heterocycles. The quantitative estimate of drug-likeness (QED) is 0.250. The number of allylic oxidation sites excluding steroid dienone is 2. The second-order valence-electron chi connectivity index (χ2n) is 12.8. The molecule has 3 aromatic carbocycles. The van der Waals surface area contributed by atoms with Crippen molar-refractivity contribution in [1.82, 2.24) is 4.90 Å². The third kappa shape index (κ3) is 4.64. The molecule has 48 heavy (non-hydrogen) atoms. The van der Waals surface area contributed by atoms with E-state index < -0.39 is 58.7 Å². The predicted octanol–water partition coefficient (Wildman–Crippen LogP) is 5.08. The van der Waals surface area contributed by atoms with Crippen molar-refractivity contribution in [3.05, 3.63) is 101 Å². The van der Waals surface area contributed by atoms with E-state index >= 15 is 4.79 Å². The van der Waals surface area contributed by atoms with Crippen LogP contribution in [0.25, 0.3) is 0 Å². The average Bonchev–Trinajstić information content (AvgIpc) is 3.45. The lowest BCUT2D eigenvalue weighted by atomic mass is 9.49. The summed E-state index contributed by atoms with van der Waals surface area (Å²) in [6, 6.07) is 20.4. The first-order valence-electron chi connectivity index (χ1n) is 15.9. The Morgan fingerprint density at radius 2 is 1.73 bits per heavy atom. The van der Waals surface area contributed by atoms with E-state index in [2.05, 4.69) is 0 Å². The molecule has 0 radical (unpaired) electrons. The van der Waals surface area contributed by atoms with Gasteiger partial charge in [0.05, 0.1) is 36.0 Å². The van der Waals surface area contributed by atoms with Gasteiger partial charge in [0.2, 0.25) is 23.6 Å². The van der Waals surface area contributed by atoms with Crippen molar-refractivity contribution in [2.45, 2.75) is 37.0 Å². The number of benzene rings is 3. The number of carboxylic acids is 1. The number of phenolic OH excluding ortho intramolecular Hbond substituents is 1. The maximum atomic E-state index is 15.2. The molecular weight excluding hydrogens is 636 g/mol. The van der Waals surface area contributed by atoms with Crippen LogP contribution in [0.15, 0.2) is 84.4 Å². The summed E-state index contributed by atoms with van der Waals surface area (Å²) in [4.78, 5) is 71.1. The molecule has 0 unspecified atom stereocenters. The zero-order chi connectivity index (χ0) is 33.9. The average molecular weight is 669 g/mol. The van der Waals surface area contributed by atoms with E-state index in [0.29, 0.717) is 33.2 Å². The Hall–Kier alpha value is -4.96. The van der Waals surface area contributed by atoms with Gasteiger partial charge < -0.3 is 14.9 Å². The number of carbonyl (C=O) groups is 5. The maximum absolute atomic E-state index is 15.2. The Balaban J connectivity index is 1.44. The topological polar surface area (TPSA) is 142 Å². The first-order valence-corrected chi connectivity index (χ1v) is 16.3. The van der Waals surface area contributed by atoms with Crippen molar-refractivity contribution >= 4 is 46.9 Å². The zero-order valence-electron chi connectivity index (χ0n) is 26.0. The van der Waals surface area contributed by atoms with Crippen LogP contribution in [0.4, 0.5) is 5.69 Å². The van der Waals surface area contributed by atoms with Gasteiger partial charge in [-0.3, -0.25) is 28.9 Å². The van der Waals surface area contributed by atoms with Crippen molar-refractivity contribution in [2.75, 3.05) is 18.6 Å². The van der Waals surface area contributed by atoms with Crippen molar-refractivity contribution in [3.8, 4) is 11.5 Å². The number of likely N-dealkylation sites (tertiary alicyclic amines) is 1. The first kappa shape index (κ1) is 31.6. The lowest BCUT2D eigenvalue weighted by Gasteiger charge is -2.50. The molecule has 2 aliphatic heterocycles. The number of phenols is 1. The van der Waals surface area contributed by atoms with Gasteiger partial charge in [-0.05, 0) is 55.0 Å². The Morgan fingerprint density at radius 3 is 2.42 bits per heavy atom. The SMILES string of the molecule is COc1ccc([C@H]2C3=CC[C@@H]4C(=O)N(CCCC(=O)O)C(=O)[C@@H]4[C@@H]3C[C@H]3C(=O)N(c4cccc(Cl)c4)C(=O)[C@@]23c2ccccc2)c(O)c1. The summed E-state index contributed by atoms with van der Waals surface area (Å²) < 4.78 is 5.37. The molecule has 3 aromatic rings. The molecule has 2 aliphatic carbocycles. The first-order chi connectivity index (χ1) is 23.1. The fraction of sp³-hybridized carbons (Fsp3) is 0.324. The minimum Gasteiger partial charge on any atom is -0.508 e. The lowest BCUT2D eigenvalue weighted by Crippen LogP contribution is -2.53. The Morgan fingerprint density at radius 1 is 0.958 bits per heavy atom. The van der Waals surface area contributed by atoms with Gasteiger partial charge in [0.1, 0.15) is 11.5 Å². The number of imide groups is 2. The van der Waals surface area contributed by atoms with Crippen molar-refractivity contribution in [2.24, 2.45) is 23.7 Å². The van der Waals surface area contributed by atoms with Gasteiger partial charge in [-0.15, -0.1) is 0 Å². The monoisotopic (exact) mass is 668 g/mol. The van der Waals surface area contributed by atoms with Gasteiger partial charge in [0, 0.05) is 35.5 Å². The van der Waals surface area contributed by atoms with Gasteiger partial charge in [0.25, 0.3) is 0 Å². The van der Waals surface area contributed by atoms with E-state index in [1.165, 1.54) is 18.1 Å². The predicted molar refractivity (Wildman–Crippen MR) is 174 cm³/mol. The van der Waals surface area contributed by atoms with Gasteiger partial charge in [-0.1, -0.05) is 65.7 Å². The molecule has 246 valence electrons. The Bertz CT molecular complexity index is 1890. The standard InChI is InChI=1S/C37H33ClN2O8/c1-48-23-12-13-25(29(41)18-23)32-24-14-15-26-31(35(46)39(33(26)44)16-6-11-30(42)43)27(24)19-28-34(45)40(22-10-5-9-21(38)17-22)36(47)37(28,32)20-7-3-2-4-8-20/h2-5,7-10,12-14,17-18,26-28,31-32,41H,6,11,15-16,19H2,1H3,(H,42,43)/t26-,27+,28-,31-,32+,37+/m0/s1. The van der Waals surface area contributed by atoms with Crippen LogP contribution < -0.4 is 9.64 Å². The van der Waals surface area contributed by atoms with Crippen molar-refractivity contribution in [1.29, 1.82) is 0 Å². The lowest BCUT2D eigenvalue weighted by molar-refractivity contribution is -0.142. The van der Waals surface area contributed by atoms with Crippen molar-refractivity contribution < 1.29 is 38.9 Å². The smallest absolute Gasteiger partial charge is 0.303 e. The number of aromatic hydroxyl groups is 1. The summed E-state index contributed by atoms with van der Waals surface area (Å²) in [7, 11) is 1.48. The van der Waals surface area contributed by atoms with Crippen LogP contribution in [0.1, 0.15) is 42.7 Å². The summed E-state index contributed by atoms with van der Waals surface area (Å²) in [5.74, 6) is -6.39. The second-order valence-corrected chi connectivity index (χ2v) is 13.3. The Labute approximate surface area is 281 Å². The number of rotatable bonds is 8.